The highest BCUT2D eigenvalue weighted by Gasteiger charge is 2.47. The Morgan fingerprint density at radius 3 is 2.14 bits per heavy atom. The van der Waals surface area contributed by atoms with Gasteiger partial charge in [-0.3, -0.25) is 14.5 Å². The topological polar surface area (TPSA) is 84.0 Å². The van der Waals surface area contributed by atoms with E-state index in [2.05, 4.69) is 0 Å². The molecular formula is C20H28N2O5S. The highest BCUT2D eigenvalue weighted by molar-refractivity contribution is 7.89. The van der Waals surface area contributed by atoms with E-state index < -0.39 is 10.0 Å². The van der Waals surface area contributed by atoms with Crippen LogP contribution in [0.15, 0.2) is 23.1 Å². The molecule has 1 aromatic rings. The Labute approximate surface area is 166 Å². The second-order valence-electron chi connectivity index (χ2n) is 7.33. The molecule has 2 amide bonds. The fourth-order valence-electron chi connectivity index (χ4n) is 4.29. The van der Waals surface area contributed by atoms with Crippen LogP contribution in [-0.4, -0.2) is 49.6 Å². The van der Waals surface area contributed by atoms with Crippen LogP contribution in [0.4, 0.5) is 0 Å². The summed E-state index contributed by atoms with van der Waals surface area (Å²) in [4.78, 5) is 26.8. The molecule has 1 aromatic carbocycles. The summed E-state index contributed by atoms with van der Waals surface area (Å²) in [6.45, 7) is 4.34. The van der Waals surface area contributed by atoms with Crippen LogP contribution in [0.1, 0.15) is 45.1 Å². The molecule has 1 heterocycles. The molecule has 1 aliphatic carbocycles. The van der Waals surface area contributed by atoms with E-state index in [4.69, 9.17) is 4.74 Å². The van der Waals surface area contributed by atoms with E-state index in [1.807, 2.05) is 0 Å². The lowest BCUT2D eigenvalue weighted by Gasteiger charge is -2.21. The Balaban J connectivity index is 1.92. The van der Waals surface area contributed by atoms with Gasteiger partial charge in [0.2, 0.25) is 21.8 Å². The maximum atomic E-state index is 13.0. The summed E-state index contributed by atoms with van der Waals surface area (Å²) in [6, 6.07) is 4.82. The zero-order valence-corrected chi connectivity index (χ0v) is 17.5. The molecule has 1 saturated heterocycles. The van der Waals surface area contributed by atoms with Crippen molar-refractivity contribution in [3.05, 3.63) is 23.8 Å². The van der Waals surface area contributed by atoms with Crippen LogP contribution in [-0.2, 0) is 26.2 Å². The third kappa shape index (κ3) is 3.55. The van der Waals surface area contributed by atoms with Crippen LogP contribution in [0.3, 0.4) is 0 Å². The fraction of sp³-hybridized carbons (Fsp3) is 0.600. The number of rotatable bonds is 7. The molecule has 0 spiro atoms. The molecule has 1 saturated carbocycles. The van der Waals surface area contributed by atoms with Gasteiger partial charge in [-0.25, -0.2) is 8.42 Å². The van der Waals surface area contributed by atoms with Gasteiger partial charge < -0.3 is 4.74 Å². The van der Waals surface area contributed by atoms with Gasteiger partial charge in [0.05, 0.1) is 25.5 Å². The quantitative estimate of drug-likeness (QED) is 0.647. The summed E-state index contributed by atoms with van der Waals surface area (Å²) in [7, 11) is -2.30. The molecule has 1 aliphatic heterocycles. The summed E-state index contributed by atoms with van der Waals surface area (Å²) in [5.74, 6) is -0.419. The zero-order chi connectivity index (χ0) is 20.5. The molecule has 0 N–H and O–H groups in total. The summed E-state index contributed by atoms with van der Waals surface area (Å²) < 4.78 is 32.6. The first-order valence-electron chi connectivity index (χ1n) is 9.87. The van der Waals surface area contributed by atoms with Crippen molar-refractivity contribution in [3.63, 3.8) is 0 Å². The molecule has 7 nitrogen and oxygen atoms in total. The number of ether oxygens (including phenoxy) is 1. The molecule has 2 aliphatic rings. The van der Waals surface area contributed by atoms with Crippen LogP contribution < -0.4 is 4.74 Å². The Bertz CT molecular complexity index is 839. The maximum Gasteiger partial charge on any atom is 0.246 e. The van der Waals surface area contributed by atoms with Crippen LogP contribution in [0.25, 0.3) is 0 Å². The van der Waals surface area contributed by atoms with E-state index >= 15 is 0 Å². The lowest BCUT2D eigenvalue weighted by molar-refractivity contribution is -0.140. The second kappa shape index (κ2) is 8.21. The molecule has 2 fully saturated rings. The largest absolute Gasteiger partial charge is 0.495 e. The van der Waals surface area contributed by atoms with Crippen molar-refractivity contribution in [1.82, 2.24) is 9.21 Å². The lowest BCUT2D eigenvalue weighted by Crippen LogP contribution is -2.32. The highest BCUT2D eigenvalue weighted by atomic mass is 32.2. The van der Waals surface area contributed by atoms with Gasteiger partial charge in [-0.15, -0.1) is 0 Å². The summed E-state index contributed by atoms with van der Waals surface area (Å²) >= 11 is 0. The number of hydrogen-bond acceptors (Lipinski definition) is 5. The van der Waals surface area contributed by atoms with Gasteiger partial charge >= 0.3 is 0 Å². The number of sulfonamides is 1. The number of carbonyl (C=O) groups excluding carboxylic acids is 2. The molecular weight excluding hydrogens is 380 g/mol. The first kappa shape index (κ1) is 20.8. The zero-order valence-electron chi connectivity index (χ0n) is 16.7. The van der Waals surface area contributed by atoms with Crippen LogP contribution in [0.5, 0.6) is 5.75 Å². The van der Waals surface area contributed by atoms with Crippen LogP contribution in [0, 0.1) is 11.8 Å². The van der Waals surface area contributed by atoms with Gasteiger partial charge in [-0.05, 0) is 30.5 Å². The Morgan fingerprint density at radius 2 is 1.64 bits per heavy atom. The first-order chi connectivity index (χ1) is 13.3. The molecule has 0 unspecified atom stereocenters. The summed E-state index contributed by atoms with van der Waals surface area (Å²) in [6.07, 6.45) is 3.47. The lowest BCUT2D eigenvalue weighted by atomic mass is 9.81. The number of hydrogen-bond donors (Lipinski definition) is 0. The van der Waals surface area contributed by atoms with Gasteiger partial charge in [0, 0.05) is 13.1 Å². The molecule has 0 aromatic heterocycles. The van der Waals surface area contributed by atoms with Gasteiger partial charge in [0.15, 0.2) is 0 Å². The van der Waals surface area contributed by atoms with E-state index in [1.165, 1.54) is 22.4 Å². The van der Waals surface area contributed by atoms with Gasteiger partial charge in [-0.2, -0.15) is 4.31 Å². The third-order valence-electron chi connectivity index (χ3n) is 5.82. The normalized spacial score (nSPS) is 22.6. The summed E-state index contributed by atoms with van der Waals surface area (Å²) in [5.41, 5.74) is 0.604. The van der Waals surface area contributed by atoms with Crippen molar-refractivity contribution in [2.75, 3.05) is 20.2 Å². The SMILES string of the molecule is CCN(CC)S(=O)(=O)c1cc(CN2C(=O)[C@@H]3CCCC[C@H]3C2=O)ccc1OC. The highest BCUT2D eigenvalue weighted by Crippen LogP contribution is 2.39. The van der Waals surface area contributed by atoms with Crippen molar-refractivity contribution >= 4 is 21.8 Å². The second-order valence-corrected chi connectivity index (χ2v) is 9.24. The minimum absolute atomic E-state index is 0.0627. The predicted octanol–water partition coefficient (Wildman–Crippen LogP) is 2.40. The van der Waals surface area contributed by atoms with Crippen molar-refractivity contribution in [2.45, 2.75) is 51.0 Å². The third-order valence-corrected chi connectivity index (χ3v) is 7.90. The number of likely N-dealkylation sites (tertiary alicyclic amines) is 1. The summed E-state index contributed by atoms with van der Waals surface area (Å²) in [5, 5.41) is 0. The number of carbonyl (C=O) groups is 2. The van der Waals surface area contributed by atoms with Gasteiger partial charge in [-0.1, -0.05) is 32.8 Å². The van der Waals surface area contributed by atoms with Crippen LogP contribution in [0.2, 0.25) is 0 Å². The first-order valence-corrected chi connectivity index (χ1v) is 11.3. The predicted molar refractivity (Wildman–Crippen MR) is 104 cm³/mol. The number of amides is 2. The molecule has 28 heavy (non-hydrogen) atoms. The molecule has 154 valence electrons. The maximum absolute atomic E-state index is 13.0. The monoisotopic (exact) mass is 408 g/mol. The molecule has 2 atom stereocenters. The van der Waals surface area contributed by atoms with E-state index in [0.717, 1.165) is 25.7 Å². The number of nitrogens with zero attached hydrogens (tertiary/aromatic N) is 2. The Kier molecular flexibility index (Phi) is 6.09. The van der Waals surface area contributed by atoms with E-state index in [9.17, 15) is 18.0 Å². The fourth-order valence-corrected chi connectivity index (χ4v) is 5.96. The molecule has 8 heteroatoms. The number of methoxy groups -OCH3 is 1. The van der Waals surface area contributed by atoms with E-state index in [-0.39, 0.29) is 40.8 Å². The average Bonchev–Trinajstić information content (AvgIpc) is 2.94. The molecule has 0 bridgehead atoms. The minimum Gasteiger partial charge on any atom is -0.495 e. The van der Waals surface area contributed by atoms with Gasteiger partial charge in [0.25, 0.3) is 0 Å². The number of benzene rings is 1. The molecule has 3 rings (SSSR count). The van der Waals surface area contributed by atoms with Gasteiger partial charge in [0.1, 0.15) is 10.6 Å². The smallest absolute Gasteiger partial charge is 0.246 e. The van der Waals surface area contributed by atoms with Crippen LogP contribution >= 0.6 is 0 Å². The number of fused-ring (bicyclic) bond motifs is 1. The average molecular weight is 409 g/mol. The van der Waals surface area contributed by atoms with Crippen molar-refractivity contribution in [1.29, 1.82) is 0 Å². The number of imide groups is 1. The molecule has 0 radical (unpaired) electrons. The van der Waals surface area contributed by atoms with Crippen molar-refractivity contribution in [3.8, 4) is 5.75 Å². The minimum atomic E-state index is -3.73. The van der Waals surface area contributed by atoms with Crippen molar-refractivity contribution < 1.29 is 22.7 Å². The Morgan fingerprint density at radius 1 is 1.07 bits per heavy atom. The van der Waals surface area contributed by atoms with E-state index in [0.29, 0.717) is 18.7 Å². The van der Waals surface area contributed by atoms with E-state index in [1.54, 1.807) is 26.0 Å². The van der Waals surface area contributed by atoms with Crippen molar-refractivity contribution in [2.24, 2.45) is 11.8 Å². The standard InChI is InChI=1S/C20H28N2O5S/c1-4-21(5-2)28(25,26)18-12-14(10-11-17(18)27-3)13-22-19(23)15-8-6-7-9-16(15)20(22)24/h10-12,15-16H,4-9,13H2,1-3H3/t15-,16-/m1/s1. The Hall–Kier alpha value is -1.93.